The van der Waals surface area contributed by atoms with Gasteiger partial charge in [-0.1, -0.05) is 6.08 Å². The monoisotopic (exact) mass is 604 g/mol. The van der Waals surface area contributed by atoms with Crippen LogP contribution >= 0.6 is 0 Å². The summed E-state index contributed by atoms with van der Waals surface area (Å²) in [6.45, 7) is 21.4. The fourth-order valence-electron chi connectivity index (χ4n) is 5.54. The third-order valence-corrected chi connectivity index (χ3v) is 7.27. The molecule has 13 heteroatoms. The van der Waals surface area contributed by atoms with Crippen molar-refractivity contribution in [2.45, 2.75) is 64.6 Å². The Kier molecular flexibility index (Phi) is 20.6. The van der Waals surface area contributed by atoms with Gasteiger partial charge in [-0.25, -0.2) is 5.90 Å². The predicted octanol–water partition coefficient (Wildman–Crippen LogP) is -1.99. The van der Waals surface area contributed by atoms with E-state index in [2.05, 4.69) is 58.5 Å². The van der Waals surface area contributed by atoms with Crippen molar-refractivity contribution >= 4 is 5.71 Å². The number of aliphatic imine (C=N–C) groups is 1. The van der Waals surface area contributed by atoms with Crippen molar-refractivity contribution < 1.29 is 27.1 Å². The van der Waals surface area contributed by atoms with Crippen LogP contribution < -0.4 is 16.5 Å². The molecule has 5 atom stereocenters. The minimum Gasteiger partial charge on any atom is -0.392 e. The molecular weight excluding hydrogens is 540 g/mol. The molecule has 2 fully saturated rings. The van der Waals surface area contributed by atoms with E-state index in [4.69, 9.17) is 1.43 Å². The van der Waals surface area contributed by atoms with Gasteiger partial charge in [0.25, 0.3) is 0 Å². The Morgan fingerprint density at radius 3 is 1.64 bits per heavy atom. The molecule has 0 bridgehead atoms. The maximum absolute atomic E-state index is 9.77. The highest BCUT2D eigenvalue weighted by molar-refractivity contribution is 5.96. The van der Waals surface area contributed by atoms with Crippen molar-refractivity contribution in [1.29, 1.82) is 0 Å². The van der Waals surface area contributed by atoms with E-state index in [9.17, 15) is 20.4 Å². The summed E-state index contributed by atoms with van der Waals surface area (Å²) in [7, 11) is 0. The largest absolute Gasteiger partial charge is 0.392 e. The van der Waals surface area contributed by atoms with Gasteiger partial charge < -0.3 is 36.3 Å². The van der Waals surface area contributed by atoms with Crippen LogP contribution in [0.5, 0.6) is 0 Å². The summed E-state index contributed by atoms with van der Waals surface area (Å²) in [6.07, 6.45) is 3.96. The smallest absolute Gasteiger partial charge is 0.237 e. The number of nitrogens with zero attached hydrogens (tertiary/aromatic N) is 5. The fourth-order valence-corrected chi connectivity index (χ4v) is 5.54. The summed E-state index contributed by atoms with van der Waals surface area (Å²) in [5.74, 6) is 4.01. The molecule has 1 unspecified atom stereocenters. The zero-order valence-electron chi connectivity index (χ0n) is 27.6. The van der Waals surface area contributed by atoms with Crippen molar-refractivity contribution in [3.05, 3.63) is 12.2 Å². The number of aliphatic hydroxyl groups excluding tert-OH is 4. The van der Waals surface area contributed by atoms with Crippen LogP contribution in [0.25, 0.3) is 0 Å². The average molecular weight is 605 g/mol. The van der Waals surface area contributed by atoms with Crippen LogP contribution in [0, 0.1) is 0 Å². The Bertz CT molecular complexity index is 728. The van der Waals surface area contributed by atoms with Crippen LogP contribution in [0.2, 0.25) is 1.43 Å². The molecule has 3 heterocycles. The van der Waals surface area contributed by atoms with Gasteiger partial charge >= 0.3 is 0 Å². The standard InChI is InChI=1S/C17H32N4O2.C12H27N3O2.H3NO/c1-14(22)11-20-7-6-19-17(10-16-4-3-5-18-16)13-21(9-8-20)12-15(2)23;1-11(16)9-14-5-3-13-4-6-15(8-7-14)10-12(2)17;1-2/h3-4,14-15,17,19,22-23H,5-13H2,1-2H3;11-13,16-17H,3-10H2,1-2H3;2H,1H2/t14-,15-,17?;11-,12-;/m00./s1/i;;2T. The molecule has 3 rings (SSSR count). The second-order valence-corrected chi connectivity index (χ2v) is 11.9. The molecule has 3 aliphatic rings. The van der Waals surface area contributed by atoms with Gasteiger partial charge in [0.15, 0.2) is 0 Å². The lowest BCUT2D eigenvalue weighted by atomic mass is 10.1. The SMILES string of the molecule is C[C@H](O)CN1CCNC(CC2=NCC=C2)CN(C[C@H](C)O)CC1.C[C@H](O)CN1CCNCCN(C[C@H](C)O)CC1.[3H]ON. The molecule has 0 radical (unpaired) electrons. The molecule has 0 aromatic heterocycles. The van der Waals surface area contributed by atoms with Crippen LogP contribution in [0.1, 0.15) is 34.1 Å². The second kappa shape index (κ2) is 23.3. The highest BCUT2D eigenvalue weighted by Crippen LogP contribution is 2.08. The third-order valence-electron chi connectivity index (χ3n) is 7.27. The van der Waals surface area contributed by atoms with Gasteiger partial charge in [-0.05, 0) is 33.8 Å². The van der Waals surface area contributed by atoms with E-state index < -0.39 is 0 Å². The molecule has 0 aromatic rings. The van der Waals surface area contributed by atoms with Gasteiger partial charge in [0.05, 0.1) is 31.0 Å². The van der Waals surface area contributed by atoms with E-state index in [1.165, 1.54) is 5.71 Å². The van der Waals surface area contributed by atoms with Crippen molar-refractivity contribution in [2.24, 2.45) is 10.9 Å². The van der Waals surface area contributed by atoms with Crippen LogP contribution in [-0.2, 0) is 0 Å². The van der Waals surface area contributed by atoms with Crippen LogP contribution in [0.15, 0.2) is 17.1 Å². The minimum atomic E-state index is -0.328. The second-order valence-electron chi connectivity index (χ2n) is 11.9. The number of nitrogens with two attached hydrogens (primary N) is 1. The summed E-state index contributed by atoms with van der Waals surface area (Å²) in [4.78, 5) is 13.7. The Hall–Kier alpha value is -1.07. The van der Waals surface area contributed by atoms with Gasteiger partial charge in [0.1, 0.15) is 0 Å². The number of β-amino-alcohol motifs (C(OH)–C–C–N with tert-alkyl or cyclic N) is 4. The topological polar surface area (TPSA) is 177 Å². The molecular formula is C29H62N8O5. The molecule has 0 aromatic carbocycles. The fraction of sp³-hybridized carbons (Fsp3) is 0.897. The molecule has 0 amide bonds. The Labute approximate surface area is 255 Å². The Balaban J connectivity index is 0.000000409. The first-order chi connectivity index (χ1) is 20.5. The number of rotatable bonds is 10. The molecule has 0 spiro atoms. The lowest BCUT2D eigenvalue weighted by Crippen LogP contribution is -2.44. The number of allylic oxidation sites excluding steroid dienone is 1. The van der Waals surface area contributed by atoms with E-state index in [-0.39, 0.29) is 24.4 Å². The molecule has 0 aliphatic carbocycles. The lowest BCUT2D eigenvalue weighted by molar-refractivity contribution is 0.0999. The van der Waals surface area contributed by atoms with Gasteiger partial charge in [-0.3, -0.25) is 24.6 Å². The van der Waals surface area contributed by atoms with Gasteiger partial charge in [0, 0.05) is 116 Å². The molecule has 3 aliphatic heterocycles. The summed E-state index contributed by atoms with van der Waals surface area (Å²) >= 11 is 0. The highest BCUT2D eigenvalue weighted by Gasteiger charge is 2.21. The average Bonchev–Trinajstić information content (AvgIpc) is 3.46. The van der Waals surface area contributed by atoms with Crippen molar-refractivity contribution in [3.8, 4) is 0 Å². The quantitative estimate of drug-likeness (QED) is 0.129. The summed E-state index contributed by atoms with van der Waals surface area (Å²) in [6, 6.07) is 0.349. The predicted molar refractivity (Wildman–Crippen MR) is 169 cm³/mol. The number of hydrogen-bond donors (Lipinski definition) is 8. The molecule has 9 N–H and O–H groups in total. The van der Waals surface area contributed by atoms with E-state index in [0.29, 0.717) is 19.1 Å². The van der Waals surface area contributed by atoms with E-state index >= 15 is 0 Å². The van der Waals surface area contributed by atoms with Crippen LogP contribution in [-0.4, -0.2) is 186 Å². The highest BCUT2D eigenvalue weighted by atomic mass is 16.4. The molecule has 42 heavy (non-hydrogen) atoms. The zero-order valence-corrected chi connectivity index (χ0v) is 26.6. The number of hydrogen-bond acceptors (Lipinski definition) is 13. The first-order valence-corrected chi connectivity index (χ1v) is 15.6. The van der Waals surface area contributed by atoms with Crippen molar-refractivity contribution in [3.63, 3.8) is 0 Å². The van der Waals surface area contributed by atoms with Gasteiger partial charge in [0.2, 0.25) is 1.43 Å². The normalized spacial score (nSPS) is 25.3. The van der Waals surface area contributed by atoms with Crippen LogP contribution in [0.4, 0.5) is 0 Å². The maximum Gasteiger partial charge on any atom is 0.237 e. The van der Waals surface area contributed by atoms with E-state index in [1.807, 2.05) is 27.7 Å². The van der Waals surface area contributed by atoms with Crippen LogP contribution in [0.3, 0.4) is 0 Å². The summed E-state index contributed by atoms with van der Waals surface area (Å²) in [5, 5.41) is 48.3. The molecule has 248 valence electrons. The summed E-state index contributed by atoms with van der Waals surface area (Å²) < 4.78 is 5.49. The third kappa shape index (κ3) is 19.3. The first-order valence-electron chi connectivity index (χ1n) is 16.0. The molecule has 2 saturated heterocycles. The number of nitrogens with one attached hydrogen (secondary N) is 2. The number of aliphatic hydroxyl groups is 4. The first kappa shape index (κ1) is 37.1. The van der Waals surface area contributed by atoms with Gasteiger partial charge in [-0.15, -0.1) is 0 Å². The van der Waals surface area contributed by atoms with Crippen molar-refractivity contribution in [1.82, 2.24) is 30.2 Å². The molecule has 13 nitrogen and oxygen atoms in total. The van der Waals surface area contributed by atoms with E-state index in [1.54, 1.807) is 0 Å². The Morgan fingerprint density at radius 1 is 0.786 bits per heavy atom. The lowest BCUT2D eigenvalue weighted by Gasteiger charge is -2.29. The Morgan fingerprint density at radius 2 is 1.21 bits per heavy atom. The molecule has 0 saturated carbocycles. The van der Waals surface area contributed by atoms with E-state index in [0.717, 1.165) is 98.0 Å². The summed E-state index contributed by atoms with van der Waals surface area (Å²) in [5.41, 5.74) is 1.17. The zero-order chi connectivity index (χ0) is 32.0. The maximum atomic E-state index is 9.77. The van der Waals surface area contributed by atoms with Gasteiger partial charge in [-0.2, -0.15) is 0 Å². The van der Waals surface area contributed by atoms with Crippen molar-refractivity contribution in [2.75, 3.05) is 105 Å². The minimum absolute atomic E-state index is 0.277.